The summed E-state index contributed by atoms with van der Waals surface area (Å²) in [7, 11) is 2.06. The highest BCUT2D eigenvalue weighted by Gasteiger charge is 2.42. The van der Waals surface area contributed by atoms with Gasteiger partial charge in [0.1, 0.15) is 0 Å². The zero-order chi connectivity index (χ0) is 17.4. The molecule has 2 fully saturated rings. The van der Waals surface area contributed by atoms with Gasteiger partial charge in [0, 0.05) is 51.5 Å². The van der Waals surface area contributed by atoms with Crippen molar-refractivity contribution in [2.75, 3.05) is 39.8 Å². The van der Waals surface area contributed by atoms with Crippen LogP contribution < -0.4 is 0 Å². The van der Waals surface area contributed by atoms with E-state index >= 15 is 0 Å². The van der Waals surface area contributed by atoms with Gasteiger partial charge in [0.2, 0.25) is 11.8 Å². The minimum Gasteiger partial charge on any atom is -0.338 e. The molecule has 0 saturated carbocycles. The Morgan fingerprint density at radius 1 is 1.28 bits per heavy atom. The van der Waals surface area contributed by atoms with Crippen LogP contribution in [0.25, 0.3) is 5.57 Å². The number of likely N-dealkylation sites (tertiary alicyclic amines) is 2. The summed E-state index contributed by atoms with van der Waals surface area (Å²) in [5.41, 5.74) is 2.38. The lowest BCUT2D eigenvalue weighted by atomic mass is 9.99. The van der Waals surface area contributed by atoms with Gasteiger partial charge < -0.3 is 14.7 Å². The average molecular weight is 340 g/mol. The third kappa shape index (κ3) is 3.18. The highest BCUT2D eigenvalue weighted by molar-refractivity contribution is 5.90. The standard InChI is InChI=1S/C19H24N4O2/c1-21-12-17(13-21)23-11-16(9-18(23)24)19(25)22-7-4-14(5-8-22)15-3-2-6-20-10-15/h2-4,6,10,16-17H,5,7-9,11-13H2,1H3. The number of hydrogen-bond acceptors (Lipinski definition) is 4. The van der Waals surface area contributed by atoms with Crippen LogP contribution in [0.2, 0.25) is 0 Å². The van der Waals surface area contributed by atoms with Crippen LogP contribution in [0.4, 0.5) is 0 Å². The zero-order valence-corrected chi connectivity index (χ0v) is 14.6. The maximum atomic E-state index is 12.8. The number of amides is 2. The van der Waals surface area contributed by atoms with Gasteiger partial charge in [0.15, 0.2) is 0 Å². The monoisotopic (exact) mass is 340 g/mol. The second kappa shape index (κ2) is 6.59. The molecule has 2 amide bonds. The van der Waals surface area contributed by atoms with Crippen LogP contribution in [0.15, 0.2) is 30.6 Å². The highest BCUT2D eigenvalue weighted by Crippen LogP contribution is 2.28. The lowest BCUT2D eigenvalue weighted by Crippen LogP contribution is -2.58. The lowest BCUT2D eigenvalue weighted by molar-refractivity contribution is -0.135. The number of pyridine rings is 1. The van der Waals surface area contributed by atoms with E-state index in [4.69, 9.17) is 0 Å². The van der Waals surface area contributed by atoms with Crippen LogP contribution in [0.3, 0.4) is 0 Å². The van der Waals surface area contributed by atoms with Crippen molar-refractivity contribution in [3.05, 3.63) is 36.2 Å². The maximum absolute atomic E-state index is 12.8. The maximum Gasteiger partial charge on any atom is 0.228 e. The topological polar surface area (TPSA) is 56.8 Å². The van der Waals surface area contributed by atoms with Crippen molar-refractivity contribution in [3.63, 3.8) is 0 Å². The minimum atomic E-state index is -0.174. The van der Waals surface area contributed by atoms with Gasteiger partial charge in [-0.2, -0.15) is 0 Å². The fraction of sp³-hybridized carbons (Fsp3) is 0.526. The van der Waals surface area contributed by atoms with Crippen LogP contribution in [0.5, 0.6) is 0 Å². The molecular weight excluding hydrogens is 316 g/mol. The smallest absolute Gasteiger partial charge is 0.228 e. The van der Waals surface area contributed by atoms with E-state index in [-0.39, 0.29) is 17.7 Å². The van der Waals surface area contributed by atoms with Gasteiger partial charge in [-0.1, -0.05) is 12.1 Å². The molecule has 3 aliphatic rings. The average Bonchev–Trinajstić information content (AvgIpc) is 3.00. The molecule has 6 heteroatoms. The van der Waals surface area contributed by atoms with E-state index in [2.05, 4.69) is 29.1 Å². The molecule has 0 aromatic carbocycles. The van der Waals surface area contributed by atoms with Crippen LogP contribution in [-0.2, 0) is 9.59 Å². The first-order valence-corrected chi connectivity index (χ1v) is 8.98. The molecule has 0 spiro atoms. The fourth-order valence-corrected chi connectivity index (χ4v) is 4.06. The van der Waals surface area contributed by atoms with E-state index in [1.54, 1.807) is 6.20 Å². The molecule has 3 aliphatic heterocycles. The fourth-order valence-electron chi connectivity index (χ4n) is 4.06. The van der Waals surface area contributed by atoms with E-state index in [1.165, 1.54) is 5.57 Å². The van der Waals surface area contributed by atoms with Crippen molar-refractivity contribution >= 4 is 17.4 Å². The SMILES string of the molecule is CN1CC(N2CC(C(=O)N3CC=C(c4cccnc4)CC3)CC2=O)C1. The van der Waals surface area contributed by atoms with Crippen LogP contribution >= 0.6 is 0 Å². The number of carbonyl (C=O) groups excluding carboxylic acids is 2. The van der Waals surface area contributed by atoms with Crippen molar-refractivity contribution < 1.29 is 9.59 Å². The number of likely N-dealkylation sites (N-methyl/N-ethyl adjacent to an activating group) is 1. The molecule has 1 aromatic heterocycles. The highest BCUT2D eigenvalue weighted by atomic mass is 16.2. The number of rotatable bonds is 3. The van der Waals surface area contributed by atoms with Crippen molar-refractivity contribution in [1.29, 1.82) is 0 Å². The molecule has 4 rings (SSSR count). The quantitative estimate of drug-likeness (QED) is 0.819. The summed E-state index contributed by atoms with van der Waals surface area (Å²) in [6, 6.07) is 4.29. The number of aromatic nitrogens is 1. The van der Waals surface area contributed by atoms with Gasteiger partial charge in [-0.25, -0.2) is 0 Å². The summed E-state index contributed by atoms with van der Waals surface area (Å²) in [6.07, 6.45) is 6.97. The van der Waals surface area contributed by atoms with E-state index in [0.29, 0.717) is 25.6 Å². The second-order valence-electron chi connectivity index (χ2n) is 7.33. The van der Waals surface area contributed by atoms with Crippen LogP contribution in [-0.4, -0.2) is 77.3 Å². The van der Waals surface area contributed by atoms with E-state index in [1.807, 2.05) is 22.1 Å². The molecule has 132 valence electrons. The molecule has 0 radical (unpaired) electrons. The molecule has 0 aliphatic carbocycles. The number of carbonyl (C=O) groups is 2. The largest absolute Gasteiger partial charge is 0.338 e. The second-order valence-corrected chi connectivity index (χ2v) is 7.33. The van der Waals surface area contributed by atoms with Crippen molar-refractivity contribution in [3.8, 4) is 0 Å². The van der Waals surface area contributed by atoms with Gasteiger partial charge in [-0.15, -0.1) is 0 Å². The zero-order valence-electron chi connectivity index (χ0n) is 14.6. The summed E-state index contributed by atoms with van der Waals surface area (Å²) in [5.74, 6) is 0.0943. The molecule has 6 nitrogen and oxygen atoms in total. The molecule has 4 heterocycles. The first kappa shape index (κ1) is 16.3. The molecular formula is C19H24N4O2. The summed E-state index contributed by atoms with van der Waals surface area (Å²) in [4.78, 5) is 35.3. The Morgan fingerprint density at radius 3 is 2.76 bits per heavy atom. The van der Waals surface area contributed by atoms with Gasteiger partial charge in [-0.3, -0.25) is 14.6 Å². The van der Waals surface area contributed by atoms with Crippen molar-refractivity contribution in [1.82, 2.24) is 19.7 Å². The Balaban J connectivity index is 1.36. The Hall–Kier alpha value is -2.21. The van der Waals surface area contributed by atoms with Crippen LogP contribution in [0.1, 0.15) is 18.4 Å². The lowest BCUT2D eigenvalue weighted by Gasteiger charge is -2.42. The first-order chi connectivity index (χ1) is 12.1. The Morgan fingerprint density at radius 2 is 2.12 bits per heavy atom. The van der Waals surface area contributed by atoms with E-state index in [9.17, 15) is 9.59 Å². The van der Waals surface area contributed by atoms with Crippen molar-refractivity contribution in [2.24, 2.45) is 5.92 Å². The predicted octanol–water partition coefficient (Wildman–Crippen LogP) is 0.860. The van der Waals surface area contributed by atoms with Crippen LogP contribution in [0, 0.1) is 5.92 Å². The summed E-state index contributed by atoms with van der Waals surface area (Å²) in [6.45, 7) is 3.78. The summed E-state index contributed by atoms with van der Waals surface area (Å²) < 4.78 is 0. The van der Waals surface area contributed by atoms with Gasteiger partial charge in [0.05, 0.1) is 12.0 Å². The third-order valence-corrected chi connectivity index (χ3v) is 5.55. The summed E-state index contributed by atoms with van der Waals surface area (Å²) in [5, 5.41) is 0. The normalized spacial score (nSPS) is 25.1. The molecule has 1 aromatic rings. The minimum absolute atomic E-state index is 0.130. The number of nitrogens with zero attached hydrogens (tertiary/aromatic N) is 4. The molecule has 1 unspecified atom stereocenters. The Bertz CT molecular complexity index is 697. The molecule has 25 heavy (non-hydrogen) atoms. The third-order valence-electron chi connectivity index (χ3n) is 5.55. The van der Waals surface area contributed by atoms with Gasteiger partial charge in [-0.05, 0) is 30.7 Å². The van der Waals surface area contributed by atoms with Crippen molar-refractivity contribution in [2.45, 2.75) is 18.9 Å². The molecule has 0 bridgehead atoms. The van der Waals surface area contributed by atoms with E-state index in [0.717, 1.165) is 31.6 Å². The number of hydrogen-bond donors (Lipinski definition) is 0. The molecule has 1 atom stereocenters. The molecule has 2 saturated heterocycles. The van der Waals surface area contributed by atoms with Gasteiger partial charge >= 0.3 is 0 Å². The summed E-state index contributed by atoms with van der Waals surface area (Å²) >= 11 is 0. The van der Waals surface area contributed by atoms with E-state index < -0.39 is 0 Å². The first-order valence-electron chi connectivity index (χ1n) is 8.98. The molecule has 0 N–H and O–H groups in total. The Labute approximate surface area is 148 Å². The Kier molecular flexibility index (Phi) is 4.29. The predicted molar refractivity (Wildman–Crippen MR) is 94.5 cm³/mol. The van der Waals surface area contributed by atoms with Gasteiger partial charge in [0.25, 0.3) is 0 Å².